The van der Waals surface area contributed by atoms with E-state index in [9.17, 15) is 0 Å². The number of allylic oxidation sites excluding steroid dienone is 2. The van der Waals surface area contributed by atoms with Gasteiger partial charge >= 0.3 is 0 Å². The molecule has 0 unspecified atom stereocenters. The molecule has 1 aromatic heterocycles. The molecule has 0 saturated carbocycles. The van der Waals surface area contributed by atoms with E-state index >= 15 is 0 Å². The van der Waals surface area contributed by atoms with Gasteiger partial charge in [0.05, 0.1) is 0 Å². The lowest BCUT2D eigenvalue weighted by molar-refractivity contribution is 0.741. The van der Waals surface area contributed by atoms with Gasteiger partial charge in [-0.2, -0.15) is 0 Å². The lowest BCUT2D eigenvalue weighted by Gasteiger charge is -2.17. The van der Waals surface area contributed by atoms with E-state index in [1.807, 2.05) is 0 Å². The summed E-state index contributed by atoms with van der Waals surface area (Å²) in [6.07, 6.45) is 7.55. The van der Waals surface area contributed by atoms with Crippen LogP contribution in [0.2, 0.25) is 0 Å². The number of benzene rings is 2. The van der Waals surface area contributed by atoms with Crippen LogP contribution in [-0.4, -0.2) is 4.98 Å². The number of aryl methyl sites for hydroxylation is 1. The highest BCUT2D eigenvalue weighted by atomic mass is 14.7. The molecule has 1 N–H and O–H groups in total. The predicted molar refractivity (Wildman–Crippen MR) is 99.7 cm³/mol. The maximum atomic E-state index is 3.41. The molecule has 1 aliphatic rings. The average Bonchev–Trinajstić information content (AvgIpc) is 2.95. The Morgan fingerprint density at radius 2 is 1.78 bits per heavy atom. The molecule has 1 heteroatoms. The molecule has 0 atom stereocenters. The van der Waals surface area contributed by atoms with Crippen molar-refractivity contribution in [2.75, 3.05) is 0 Å². The molecule has 1 nitrogen and oxygen atoms in total. The van der Waals surface area contributed by atoms with Crippen LogP contribution in [0, 0.1) is 13.8 Å². The Hall–Kier alpha value is -2.28. The third kappa shape index (κ3) is 2.61. The minimum atomic E-state index is 1.22. The van der Waals surface area contributed by atoms with Crippen molar-refractivity contribution < 1.29 is 0 Å². The van der Waals surface area contributed by atoms with Gasteiger partial charge in [-0.3, -0.25) is 0 Å². The smallest absolute Gasteiger partial charge is 0.0456 e. The highest BCUT2D eigenvalue weighted by Crippen LogP contribution is 2.34. The van der Waals surface area contributed by atoms with E-state index in [1.54, 1.807) is 0 Å². The fraction of sp³-hybridized carbons (Fsp3) is 0.273. The van der Waals surface area contributed by atoms with Crippen LogP contribution in [0.1, 0.15) is 42.5 Å². The molecule has 23 heavy (non-hydrogen) atoms. The molecular weight excluding hydrogens is 278 g/mol. The molecule has 4 rings (SSSR count). The van der Waals surface area contributed by atoms with Crippen LogP contribution < -0.4 is 0 Å². The maximum Gasteiger partial charge on any atom is 0.0456 e. The summed E-state index contributed by atoms with van der Waals surface area (Å²) in [4.78, 5) is 3.41. The van der Waals surface area contributed by atoms with Crippen LogP contribution in [0.3, 0.4) is 0 Å². The van der Waals surface area contributed by atoms with Crippen molar-refractivity contribution in [1.82, 2.24) is 4.98 Å². The summed E-state index contributed by atoms with van der Waals surface area (Å²) in [5.41, 5.74) is 9.49. The van der Waals surface area contributed by atoms with E-state index < -0.39 is 0 Å². The Bertz CT molecular complexity index is 895. The Kier molecular flexibility index (Phi) is 3.57. The average molecular weight is 301 g/mol. The molecule has 0 bridgehead atoms. The quantitative estimate of drug-likeness (QED) is 0.563. The normalized spacial score (nSPS) is 15.0. The van der Waals surface area contributed by atoms with Crippen molar-refractivity contribution in [2.24, 2.45) is 0 Å². The van der Waals surface area contributed by atoms with Crippen LogP contribution in [0.5, 0.6) is 0 Å². The van der Waals surface area contributed by atoms with Crippen LogP contribution in [0.15, 0.2) is 48.5 Å². The highest BCUT2D eigenvalue weighted by molar-refractivity contribution is 5.87. The van der Waals surface area contributed by atoms with Crippen LogP contribution in [0.4, 0.5) is 0 Å². The fourth-order valence-corrected chi connectivity index (χ4v) is 3.82. The van der Waals surface area contributed by atoms with Gasteiger partial charge in [0.15, 0.2) is 0 Å². The van der Waals surface area contributed by atoms with Crippen LogP contribution >= 0.6 is 0 Å². The van der Waals surface area contributed by atoms with Crippen molar-refractivity contribution in [1.29, 1.82) is 0 Å². The second-order valence-corrected chi connectivity index (χ2v) is 6.71. The number of H-pyrrole nitrogens is 1. The first kappa shape index (κ1) is 14.3. The molecule has 0 saturated heterocycles. The number of rotatable bonds is 2. The molecule has 116 valence electrons. The first-order chi connectivity index (χ1) is 11.2. The first-order valence-corrected chi connectivity index (χ1v) is 8.61. The molecule has 0 amide bonds. The number of aromatic nitrogens is 1. The third-order valence-corrected chi connectivity index (χ3v) is 5.04. The molecule has 0 aliphatic heterocycles. The minimum Gasteiger partial charge on any atom is -0.359 e. The van der Waals surface area contributed by atoms with Gasteiger partial charge < -0.3 is 4.98 Å². The summed E-state index contributed by atoms with van der Waals surface area (Å²) in [6, 6.07) is 15.7. The largest absolute Gasteiger partial charge is 0.359 e. The summed E-state index contributed by atoms with van der Waals surface area (Å²) < 4.78 is 0. The van der Waals surface area contributed by atoms with Crippen molar-refractivity contribution in [2.45, 2.75) is 39.5 Å². The number of fused-ring (bicyclic) bond motifs is 1. The Morgan fingerprint density at radius 3 is 2.61 bits per heavy atom. The molecule has 1 heterocycles. The van der Waals surface area contributed by atoms with Gasteiger partial charge in [-0.1, -0.05) is 30.3 Å². The topological polar surface area (TPSA) is 15.8 Å². The first-order valence-electron chi connectivity index (χ1n) is 8.61. The molecular formula is C22H23N. The van der Waals surface area contributed by atoms with E-state index in [0.29, 0.717) is 0 Å². The SMILES string of the molecule is Cc1cc2cc(-c3cccc(C4=CCCCC4)c3C)ccc2[nH]1. The summed E-state index contributed by atoms with van der Waals surface area (Å²) in [5, 5.41) is 1.29. The second kappa shape index (κ2) is 5.73. The third-order valence-electron chi connectivity index (χ3n) is 5.04. The Balaban J connectivity index is 1.82. The zero-order valence-electron chi connectivity index (χ0n) is 13.9. The van der Waals surface area contributed by atoms with E-state index in [-0.39, 0.29) is 0 Å². The standard InChI is InChI=1S/C22H23N/c1-15-13-19-14-18(11-12-22(19)23-15)21-10-6-9-20(16(21)2)17-7-4-3-5-8-17/h6-7,9-14,23H,3-5,8H2,1-2H3. The van der Waals surface area contributed by atoms with Crippen LogP contribution in [0.25, 0.3) is 27.6 Å². The Morgan fingerprint density at radius 1 is 0.913 bits per heavy atom. The molecule has 3 aromatic rings. The molecule has 1 aliphatic carbocycles. The number of aromatic amines is 1. The van der Waals surface area contributed by atoms with Gasteiger partial charge in [0.1, 0.15) is 0 Å². The van der Waals surface area contributed by atoms with Gasteiger partial charge in [-0.15, -0.1) is 0 Å². The second-order valence-electron chi connectivity index (χ2n) is 6.71. The summed E-state index contributed by atoms with van der Waals surface area (Å²) in [6.45, 7) is 4.38. The van der Waals surface area contributed by atoms with Crippen molar-refractivity contribution in [3.05, 3.63) is 65.4 Å². The van der Waals surface area contributed by atoms with E-state index in [4.69, 9.17) is 0 Å². The van der Waals surface area contributed by atoms with E-state index in [1.165, 1.54) is 70.1 Å². The number of hydrogen-bond donors (Lipinski definition) is 1. The summed E-state index contributed by atoms with van der Waals surface area (Å²) in [7, 11) is 0. The van der Waals surface area contributed by atoms with E-state index in [2.05, 4.69) is 67.4 Å². The molecule has 2 aromatic carbocycles. The lowest BCUT2D eigenvalue weighted by Crippen LogP contribution is -1.96. The van der Waals surface area contributed by atoms with Crippen molar-refractivity contribution in [3.8, 4) is 11.1 Å². The van der Waals surface area contributed by atoms with Gasteiger partial charge in [0.2, 0.25) is 0 Å². The van der Waals surface area contributed by atoms with Gasteiger partial charge in [-0.25, -0.2) is 0 Å². The lowest BCUT2D eigenvalue weighted by atomic mass is 9.87. The Labute approximate surface area is 138 Å². The zero-order chi connectivity index (χ0) is 15.8. The van der Waals surface area contributed by atoms with Crippen LogP contribution in [-0.2, 0) is 0 Å². The maximum absolute atomic E-state index is 3.41. The van der Waals surface area contributed by atoms with E-state index in [0.717, 1.165) is 0 Å². The minimum absolute atomic E-state index is 1.22. The predicted octanol–water partition coefficient (Wildman–Crippen LogP) is 6.41. The molecule has 0 spiro atoms. The summed E-state index contributed by atoms with van der Waals surface area (Å²) in [5.74, 6) is 0. The summed E-state index contributed by atoms with van der Waals surface area (Å²) >= 11 is 0. The van der Waals surface area contributed by atoms with Gasteiger partial charge in [-0.05, 0) is 85.6 Å². The highest BCUT2D eigenvalue weighted by Gasteiger charge is 2.12. The monoisotopic (exact) mass is 301 g/mol. The molecule has 0 fully saturated rings. The van der Waals surface area contributed by atoms with Gasteiger partial charge in [0, 0.05) is 16.6 Å². The van der Waals surface area contributed by atoms with Gasteiger partial charge in [0.25, 0.3) is 0 Å². The van der Waals surface area contributed by atoms with Crippen molar-refractivity contribution in [3.63, 3.8) is 0 Å². The number of hydrogen-bond acceptors (Lipinski definition) is 0. The number of nitrogens with one attached hydrogen (secondary N) is 1. The zero-order valence-corrected chi connectivity index (χ0v) is 13.9. The molecule has 0 radical (unpaired) electrons. The fourth-order valence-electron chi connectivity index (χ4n) is 3.82. The van der Waals surface area contributed by atoms with Crippen molar-refractivity contribution >= 4 is 16.5 Å².